The lowest BCUT2D eigenvalue weighted by Gasteiger charge is -2.12. The summed E-state index contributed by atoms with van der Waals surface area (Å²) in [6.45, 7) is 0. The van der Waals surface area contributed by atoms with Crippen LogP contribution in [-0.4, -0.2) is 11.1 Å². The third kappa shape index (κ3) is 3.12. The summed E-state index contributed by atoms with van der Waals surface area (Å²) < 4.78 is 0.929. The minimum atomic E-state index is -0.812. The summed E-state index contributed by atoms with van der Waals surface area (Å²) in [4.78, 5) is 10.4. The van der Waals surface area contributed by atoms with Gasteiger partial charge in [0.2, 0.25) is 0 Å². The van der Waals surface area contributed by atoms with Crippen LogP contribution >= 0.6 is 15.9 Å². The van der Waals surface area contributed by atoms with Gasteiger partial charge in [-0.25, -0.2) is 0 Å². The van der Waals surface area contributed by atoms with Crippen molar-refractivity contribution in [3.8, 4) is 0 Å². The molecule has 0 saturated carbocycles. The first-order valence-electron chi connectivity index (χ1n) is 4.33. The number of hydrogen-bond donors (Lipinski definition) is 2. The van der Waals surface area contributed by atoms with Crippen LogP contribution in [0.3, 0.4) is 0 Å². The minimum Gasteiger partial charge on any atom is -0.481 e. The molecule has 0 fully saturated rings. The van der Waals surface area contributed by atoms with Crippen molar-refractivity contribution < 1.29 is 9.90 Å². The third-order valence-electron chi connectivity index (χ3n) is 1.97. The Kier molecular flexibility index (Phi) is 4.10. The molecule has 0 radical (unpaired) electrons. The van der Waals surface area contributed by atoms with Gasteiger partial charge in [-0.05, 0) is 18.1 Å². The van der Waals surface area contributed by atoms with Gasteiger partial charge in [0.25, 0.3) is 0 Å². The first-order chi connectivity index (χ1) is 6.61. The minimum absolute atomic E-state index is 0.0997. The number of aliphatic carboxylic acids is 1. The lowest BCUT2D eigenvalue weighted by atomic mass is 10.0. The summed E-state index contributed by atoms with van der Waals surface area (Å²) in [6.07, 6.45) is 0.556. The van der Waals surface area contributed by atoms with E-state index in [1.54, 1.807) is 0 Å². The van der Waals surface area contributed by atoms with Crippen LogP contribution in [0.15, 0.2) is 28.7 Å². The van der Waals surface area contributed by atoms with Crippen LogP contribution in [0.2, 0.25) is 0 Å². The molecule has 1 unspecified atom stereocenters. The first-order valence-corrected chi connectivity index (χ1v) is 5.12. The highest BCUT2D eigenvalue weighted by molar-refractivity contribution is 9.10. The molecule has 3 N–H and O–H groups in total. The fourth-order valence-corrected chi connectivity index (χ4v) is 1.79. The van der Waals surface area contributed by atoms with Gasteiger partial charge in [0.05, 0.1) is 0 Å². The maximum atomic E-state index is 10.4. The topological polar surface area (TPSA) is 63.3 Å². The van der Waals surface area contributed by atoms with Crippen molar-refractivity contribution in [1.29, 1.82) is 0 Å². The summed E-state index contributed by atoms with van der Waals surface area (Å²) in [5.74, 6) is -0.812. The van der Waals surface area contributed by atoms with E-state index in [-0.39, 0.29) is 12.5 Å². The van der Waals surface area contributed by atoms with Crippen LogP contribution < -0.4 is 5.73 Å². The van der Waals surface area contributed by atoms with E-state index in [0.29, 0.717) is 6.42 Å². The highest BCUT2D eigenvalue weighted by Gasteiger charge is 2.10. The SMILES string of the molecule is NC(CCC(=O)O)c1ccccc1Br. The number of halogens is 1. The van der Waals surface area contributed by atoms with Crippen molar-refractivity contribution in [2.45, 2.75) is 18.9 Å². The average Bonchev–Trinajstić information content (AvgIpc) is 2.15. The van der Waals surface area contributed by atoms with Gasteiger partial charge in [-0.1, -0.05) is 34.1 Å². The molecule has 1 aromatic carbocycles. The predicted octanol–water partition coefficient (Wildman–Crippen LogP) is 2.31. The molecule has 1 rings (SSSR count). The Balaban J connectivity index is 2.65. The maximum absolute atomic E-state index is 10.4. The number of benzene rings is 1. The van der Waals surface area contributed by atoms with Crippen LogP contribution in [0.25, 0.3) is 0 Å². The Morgan fingerprint density at radius 1 is 1.50 bits per heavy atom. The molecule has 1 atom stereocenters. The van der Waals surface area contributed by atoms with Crippen molar-refractivity contribution >= 4 is 21.9 Å². The highest BCUT2D eigenvalue weighted by Crippen LogP contribution is 2.24. The lowest BCUT2D eigenvalue weighted by molar-refractivity contribution is -0.137. The van der Waals surface area contributed by atoms with E-state index in [0.717, 1.165) is 10.0 Å². The summed E-state index contributed by atoms with van der Waals surface area (Å²) in [5, 5.41) is 8.51. The molecule has 0 aliphatic carbocycles. The van der Waals surface area contributed by atoms with E-state index < -0.39 is 5.97 Å². The molecule has 0 aromatic heterocycles. The zero-order valence-corrected chi connectivity index (χ0v) is 9.20. The predicted molar refractivity (Wildman–Crippen MR) is 57.9 cm³/mol. The largest absolute Gasteiger partial charge is 0.481 e. The third-order valence-corrected chi connectivity index (χ3v) is 2.70. The molecule has 0 amide bonds. The fraction of sp³-hybridized carbons (Fsp3) is 0.300. The standard InChI is InChI=1S/C10H12BrNO2/c11-8-4-2-1-3-7(8)9(12)5-6-10(13)14/h1-4,9H,5-6,12H2,(H,13,14). The Bertz CT molecular complexity index is 328. The van der Waals surface area contributed by atoms with E-state index in [9.17, 15) is 4.79 Å². The van der Waals surface area contributed by atoms with E-state index in [2.05, 4.69) is 15.9 Å². The van der Waals surface area contributed by atoms with E-state index in [1.807, 2.05) is 24.3 Å². The molecule has 1 aromatic rings. The second-order valence-corrected chi connectivity index (χ2v) is 3.91. The van der Waals surface area contributed by atoms with E-state index >= 15 is 0 Å². The van der Waals surface area contributed by atoms with Gasteiger partial charge in [-0.2, -0.15) is 0 Å². The molecular formula is C10H12BrNO2. The molecule has 0 saturated heterocycles. The summed E-state index contributed by atoms with van der Waals surface area (Å²) in [6, 6.07) is 7.37. The second-order valence-electron chi connectivity index (χ2n) is 3.06. The summed E-state index contributed by atoms with van der Waals surface area (Å²) in [5.41, 5.74) is 6.80. The molecule has 0 heterocycles. The van der Waals surface area contributed by atoms with Crippen molar-refractivity contribution in [2.24, 2.45) is 5.73 Å². The molecule has 0 bridgehead atoms. The zero-order chi connectivity index (χ0) is 10.6. The van der Waals surface area contributed by atoms with Crippen molar-refractivity contribution in [2.75, 3.05) is 0 Å². The number of carbonyl (C=O) groups is 1. The fourth-order valence-electron chi connectivity index (χ4n) is 1.21. The Labute approximate surface area is 91.1 Å². The van der Waals surface area contributed by atoms with E-state index in [4.69, 9.17) is 10.8 Å². The molecule has 76 valence electrons. The highest BCUT2D eigenvalue weighted by atomic mass is 79.9. The Morgan fingerprint density at radius 2 is 2.14 bits per heavy atom. The molecule has 0 aliphatic rings. The zero-order valence-electron chi connectivity index (χ0n) is 7.61. The summed E-state index contributed by atoms with van der Waals surface area (Å²) >= 11 is 3.38. The van der Waals surface area contributed by atoms with Gasteiger partial charge < -0.3 is 10.8 Å². The normalized spacial score (nSPS) is 12.4. The number of hydrogen-bond acceptors (Lipinski definition) is 2. The molecular weight excluding hydrogens is 246 g/mol. The van der Waals surface area contributed by atoms with Gasteiger partial charge in [0.15, 0.2) is 0 Å². The second kappa shape index (κ2) is 5.12. The van der Waals surface area contributed by atoms with Crippen LogP contribution in [-0.2, 0) is 4.79 Å². The van der Waals surface area contributed by atoms with Crippen LogP contribution in [0, 0.1) is 0 Å². The van der Waals surface area contributed by atoms with Crippen LogP contribution in [0.4, 0.5) is 0 Å². The Morgan fingerprint density at radius 3 is 2.71 bits per heavy atom. The number of carboxylic acid groups (broad SMARTS) is 1. The van der Waals surface area contributed by atoms with Crippen molar-refractivity contribution in [3.63, 3.8) is 0 Å². The smallest absolute Gasteiger partial charge is 0.303 e. The molecule has 0 aliphatic heterocycles. The Hall–Kier alpha value is -0.870. The monoisotopic (exact) mass is 257 g/mol. The van der Waals surface area contributed by atoms with Crippen LogP contribution in [0.1, 0.15) is 24.4 Å². The lowest BCUT2D eigenvalue weighted by Crippen LogP contribution is -2.12. The number of nitrogens with two attached hydrogens (primary N) is 1. The molecule has 14 heavy (non-hydrogen) atoms. The van der Waals surface area contributed by atoms with Crippen molar-refractivity contribution in [3.05, 3.63) is 34.3 Å². The average molecular weight is 258 g/mol. The maximum Gasteiger partial charge on any atom is 0.303 e. The van der Waals surface area contributed by atoms with Gasteiger partial charge in [-0.15, -0.1) is 0 Å². The number of rotatable bonds is 4. The molecule has 3 nitrogen and oxygen atoms in total. The first kappa shape index (κ1) is 11.2. The van der Waals surface area contributed by atoms with Crippen molar-refractivity contribution in [1.82, 2.24) is 0 Å². The quantitative estimate of drug-likeness (QED) is 0.871. The van der Waals surface area contributed by atoms with Gasteiger partial charge in [0, 0.05) is 16.9 Å². The number of carboxylic acids is 1. The molecule has 0 spiro atoms. The van der Waals surface area contributed by atoms with Gasteiger partial charge >= 0.3 is 5.97 Å². The summed E-state index contributed by atoms with van der Waals surface area (Å²) in [7, 11) is 0. The van der Waals surface area contributed by atoms with E-state index in [1.165, 1.54) is 0 Å². The van der Waals surface area contributed by atoms with Crippen LogP contribution in [0.5, 0.6) is 0 Å². The van der Waals surface area contributed by atoms with Gasteiger partial charge in [-0.3, -0.25) is 4.79 Å². The molecule has 4 heteroatoms. The van der Waals surface area contributed by atoms with Gasteiger partial charge in [0.1, 0.15) is 0 Å².